The summed E-state index contributed by atoms with van der Waals surface area (Å²) in [5.74, 6) is 0. The summed E-state index contributed by atoms with van der Waals surface area (Å²) in [7, 11) is 1.96. The Morgan fingerprint density at radius 1 is 1.40 bits per heavy atom. The minimum atomic E-state index is 1.02. The van der Waals surface area contributed by atoms with Crippen LogP contribution in [0.4, 0.5) is 0 Å². The van der Waals surface area contributed by atoms with Gasteiger partial charge in [0.15, 0.2) is 0 Å². The zero-order chi connectivity index (χ0) is 10.5. The first-order valence-electron chi connectivity index (χ1n) is 5.07. The summed E-state index contributed by atoms with van der Waals surface area (Å²) in [6.07, 6.45) is 5.31. The van der Waals surface area contributed by atoms with Crippen LogP contribution < -0.4 is 5.32 Å². The van der Waals surface area contributed by atoms with E-state index >= 15 is 0 Å². The third-order valence-corrected chi connectivity index (χ3v) is 3.13. The molecule has 2 rings (SSSR count). The van der Waals surface area contributed by atoms with Crippen LogP contribution in [0.2, 0.25) is 0 Å². The summed E-state index contributed by atoms with van der Waals surface area (Å²) in [6, 6.07) is 8.24. The van der Waals surface area contributed by atoms with E-state index in [-0.39, 0.29) is 0 Å². The van der Waals surface area contributed by atoms with Crippen LogP contribution in [0.25, 0.3) is 16.3 Å². The molecule has 0 spiro atoms. The van der Waals surface area contributed by atoms with Crippen LogP contribution >= 0.6 is 11.3 Å². The lowest BCUT2D eigenvalue weighted by Gasteiger charge is -1.89. The second kappa shape index (κ2) is 5.05. The van der Waals surface area contributed by atoms with E-state index < -0.39 is 0 Å². The van der Waals surface area contributed by atoms with Gasteiger partial charge < -0.3 is 5.32 Å². The molecule has 15 heavy (non-hydrogen) atoms. The second-order valence-electron chi connectivity index (χ2n) is 3.31. The lowest BCUT2D eigenvalue weighted by molar-refractivity contribution is 0.809. The van der Waals surface area contributed by atoms with Gasteiger partial charge in [0.2, 0.25) is 0 Å². The molecule has 0 aliphatic rings. The Hall–Kier alpha value is -1.19. The Labute approximate surface area is 93.7 Å². The van der Waals surface area contributed by atoms with Crippen LogP contribution in [0.3, 0.4) is 0 Å². The van der Waals surface area contributed by atoms with Gasteiger partial charge >= 0.3 is 0 Å². The SMILES string of the molecule is CNCCC=Cc1nc2ccccc2s1. The van der Waals surface area contributed by atoms with Crippen molar-refractivity contribution < 1.29 is 0 Å². The standard InChI is InChI=1S/C12H14N2S/c1-13-9-5-4-8-12-14-10-6-2-3-7-11(10)15-12/h2-4,6-8,13H,5,9H2,1H3. The molecule has 1 N–H and O–H groups in total. The number of hydrogen-bond acceptors (Lipinski definition) is 3. The normalized spacial score (nSPS) is 11.5. The molecular formula is C12H14N2S. The predicted molar refractivity (Wildman–Crippen MR) is 67.2 cm³/mol. The van der Waals surface area contributed by atoms with Gasteiger partial charge in [-0.25, -0.2) is 4.98 Å². The first-order chi connectivity index (χ1) is 7.40. The van der Waals surface area contributed by atoms with Gasteiger partial charge in [0.1, 0.15) is 5.01 Å². The lowest BCUT2D eigenvalue weighted by atomic mass is 10.3. The maximum absolute atomic E-state index is 4.52. The summed E-state index contributed by atoms with van der Waals surface area (Å²) in [5.41, 5.74) is 1.09. The van der Waals surface area contributed by atoms with Gasteiger partial charge in [-0.2, -0.15) is 0 Å². The Bertz CT molecular complexity index is 426. The first-order valence-corrected chi connectivity index (χ1v) is 5.88. The quantitative estimate of drug-likeness (QED) is 0.798. The fourth-order valence-corrected chi connectivity index (χ4v) is 2.27. The van der Waals surface area contributed by atoms with Crippen molar-refractivity contribution in [1.29, 1.82) is 0 Å². The first kappa shape index (κ1) is 10.3. The van der Waals surface area contributed by atoms with E-state index in [9.17, 15) is 0 Å². The summed E-state index contributed by atoms with van der Waals surface area (Å²) in [5, 5.41) is 4.20. The molecule has 2 aromatic rings. The minimum Gasteiger partial charge on any atom is -0.319 e. The van der Waals surface area contributed by atoms with Gasteiger partial charge in [-0.1, -0.05) is 18.2 Å². The molecule has 0 aliphatic carbocycles. The summed E-state index contributed by atoms with van der Waals surface area (Å²) >= 11 is 1.74. The van der Waals surface area contributed by atoms with Crippen molar-refractivity contribution >= 4 is 27.6 Å². The third-order valence-electron chi connectivity index (χ3n) is 2.13. The predicted octanol–water partition coefficient (Wildman–Crippen LogP) is 2.92. The highest BCUT2D eigenvalue weighted by molar-refractivity contribution is 7.19. The number of hydrogen-bond donors (Lipinski definition) is 1. The van der Waals surface area contributed by atoms with E-state index in [0.29, 0.717) is 0 Å². The van der Waals surface area contributed by atoms with Crippen molar-refractivity contribution in [2.24, 2.45) is 0 Å². The second-order valence-corrected chi connectivity index (χ2v) is 4.38. The summed E-state index contributed by atoms with van der Waals surface area (Å²) in [6.45, 7) is 1.02. The molecule has 3 heteroatoms. The van der Waals surface area contributed by atoms with Gasteiger partial charge in [-0.05, 0) is 38.2 Å². The van der Waals surface area contributed by atoms with Crippen LogP contribution in [0.1, 0.15) is 11.4 Å². The number of nitrogens with one attached hydrogen (secondary N) is 1. The molecule has 1 aromatic carbocycles. The smallest absolute Gasteiger partial charge is 0.117 e. The number of rotatable bonds is 4. The number of nitrogens with zero attached hydrogens (tertiary/aromatic N) is 1. The maximum Gasteiger partial charge on any atom is 0.117 e. The van der Waals surface area contributed by atoms with Gasteiger partial charge in [-0.15, -0.1) is 11.3 Å². The number of aromatic nitrogens is 1. The molecule has 0 radical (unpaired) electrons. The fraction of sp³-hybridized carbons (Fsp3) is 0.250. The van der Waals surface area contributed by atoms with Crippen molar-refractivity contribution in [3.05, 3.63) is 35.3 Å². The van der Waals surface area contributed by atoms with Crippen LogP contribution in [0.15, 0.2) is 30.3 Å². The molecule has 0 bridgehead atoms. The van der Waals surface area contributed by atoms with Crippen LogP contribution in [-0.2, 0) is 0 Å². The number of thiazole rings is 1. The van der Waals surface area contributed by atoms with Crippen LogP contribution in [0.5, 0.6) is 0 Å². The molecule has 0 amide bonds. The largest absolute Gasteiger partial charge is 0.319 e. The molecular weight excluding hydrogens is 204 g/mol. The van der Waals surface area contributed by atoms with Gasteiger partial charge in [0.25, 0.3) is 0 Å². The average Bonchev–Trinajstić information content (AvgIpc) is 2.67. The zero-order valence-electron chi connectivity index (χ0n) is 8.73. The van der Waals surface area contributed by atoms with Crippen molar-refractivity contribution in [2.45, 2.75) is 6.42 Å². The van der Waals surface area contributed by atoms with Gasteiger partial charge in [0, 0.05) is 0 Å². The van der Waals surface area contributed by atoms with Gasteiger partial charge in [-0.3, -0.25) is 0 Å². The molecule has 78 valence electrons. The average molecular weight is 218 g/mol. The lowest BCUT2D eigenvalue weighted by Crippen LogP contribution is -2.05. The fourth-order valence-electron chi connectivity index (χ4n) is 1.37. The Morgan fingerprint density at radius 2 is 2.27 bits per heavy atom. The highest BCUT2D eigenvalue weighted by atomic mass is 32.1. The third kappa shape index (κ3) is 2.64. The molecule has 0 unspecified atom stereocenters. The van der Waals surface area contributed by atoms with Crippen LogP contribution in [-0.4, -0.2) is 18.6 Å². The van der Waals surface area contributed by atoms with E-state index in [1.807, 2.05) is 13.1 Å². The molecule has 0 saturated heterocycles. The zero-order valence-corrected chi connectivity index (χ0v) is 9.55. The Balaban J connectivity index is 2.12. The van der Waals surface area contributed by atoms with E-state index in [1.165, 1.54) is 4.70 Å². The highest BCUT2D eigenvalue weighted by Gasteiger charge is 1.98. The van der Waals surface area contributed by atoms with Crippen LogP contribution in [0, 0.1) is 0 Å². The molecule has 1 heterocycles. The summed E-state index contributed by atoms with van der Waals surface area (Å²) in [4.78, 5) is 4.52. The summed E-state index contributed by atoms with van der Waals surface area (Å²) < 4.78 is 1.26. The van der Waals surface area contributed by atoms with Crippen molar-refractivity contribution in [2.75, 3.05) is 13.6 Å². The van der Waals surface area contributed by atoms with E-state index in [2.05, 4.69) is 40.7 Å². The molecule has 0 saturated carbocycles. The molecule has 0 aliphatic heterocycles. The highest BCUT2D eigenvalue weighted by Crippen LogP contribution is 2.22. The molecule has 0 fully saturated rings. The van der Waals surface area contributed by atoms with Gasteiger partial charge in [0.05, 0.1) is 10.2 Å². The Morgan fingerprint density at radius 3 is 3.07 bits per heavy atom. The number of fused-ring (bicyclic) bond motifs is 1. The number of para-hydroxylation sites is 1. The topological polar surface area (TPSA) is 24.9 Å². The van der Waals surface area contributed by atoms with Crippen molar-refractivity contribution in [3.8, 4) is 0 Å². The van der Waals surface area contributed by atoms with Crippen molar-refractivity contribution in [1.82, 2.24) is 10.3 Å². The maximum atomic E-state index is 4.52. The Kier molecular flexibility index (Phi) is 3.48. The molecule has 0 atom stereocenters. The van der Waals surface area contributed by atoms with E-state index in [4.69, 9.17) is 0 Å². The van der Waals surface area contributed by atoms with Crippen molar-refractivity contribution in [3.63, 3.8) is 0 Å². The molecule has 2 nitrogen and oxygen atoms in total. The number of benzene rings is 1. The molecule has 1 aromatic heterocycles. The van der Waals surface area contributed by atoms with E-state index in [0.717, 1.165) is 23.5 Å². The monoisotopic (exact) mass is 218 g/mol. The minimum absolute atomic E-state index is 1.02. The van der Waals surface area contributed by atoms with E-state index in [1.54, 1.807) is 11.3 Å².